The Balaban J connectivity index is 2.76. The van der Waals surface area contributed by atoms with E-state index in [4.69, 9.17) is 5.73 Å². The molecule has 1 rings (SSSR count). The largest absolute Gasteiger partial charge is 0.467 e. The number of carbonyl (C=O) groups is 1. The van der Waals surface area contributed by atoms with Crippen LogP contribution in [0.2, 0.25) is 0 Å². The molecule has 76 valence electrons. The van der Waals surface area contributed by atoms with Crippen LogP contribution >= 0.6 is 0 Å². The van der Waals surface area contributed by atoms with Gasteiger partial charge in [0, 0.05) is 12.0 Å². The minimum absolute atomic E-state index is 0.0602. The second kappa shape index (κ2) is 2.96. The highest BCUT2D eigenvalue weighted by atomic mass is 16.5. The minimum atomic E-state index is -1.09. The molecular formula is C9H17NO3. The smallest absolute Gasteiger partial charge is 0.335 e. The van der Waals surface area contributed by atoms with Gasteiger partial charge in [-0.1, -0.05) is 13.8 Å². The molecule has 0 aromatic heterocycles. The quantitative estimate of drug-likeness (QED) is 0.605. The van der Waals surface area contributed by atoms with E-state index in [1.54, 1.807) is 0 Å². The van der Waals surface area contributed by atoms with Crippen LogP contribution in [-0.2, 0) is 9.53 Å². The molecule has 0 spiro atoms. The fourth-order valence-electron chi connectivity index (χ4n) is 2.01. The second-order valence-electron chi connectivity index (χ2n) is 4.35. The van der Waals surface area contributed by atoms with E-state index in [9.17, 15) is 9.90 Å². The summed E-state index contributed by atoms with van der Waals surface area (Å²) in [4.78, 5) is 11.1. The van der Waals surface area contributed by atoms with Gasteiger partial charge in [0.05, 0.1) is 7.11 Å². The molecule has 0 radical (unpaired) electrons. The van der Waals surface area contributed by atoms with E-state index in [2.05, 4.69) is 4.74 Å². The summed E-state index contributed by atoms with van der Waals surface area (Å²) in [5.74, 6) is -0.587. The maximum absolute atomic E-state index is 11.1. The van der Waals surface area contributed by atoms with Crippen LogP contribution < -0.4 is 5.73 Å². The zero-order valence-electron chi connectivity index (χ0n) is 8.33. The van der Waals surface area contributed by atoms with Gasteiger partial charge >= 0.3 is 5.97 Å². The molecule has 0 heterocycles. The lowest BCUT2D eigenvalue weighted by molar-refractivity contribution is -0.155. The van der Waals surface area contributed by atoms with Gasteiger partial charge in [0.1, 0.15) is 0 Å². The maximum atomic E-state index is 11.1. The van der Waals surface area contributed by atoms with E-state index in [1.807, 2.05) is 13.8 Å². The number of hydrogen-bond donors (Lipinski definition) is 2. The summed E-state index contributed by atoms with van der Waals surface area (Å²) >= 11 is 0. The number of nitrogens with two attached hydrogens (primary N) is 1. The monoisotopic (exact) mass is 187 g/mol. The Morgan fingerprint density at radius 1 is 1.69 bits per heavy atom. The van der Waals surface area contributed by atoms with Crippen LogP contribution in [0.25, 0.3) is 0 Å². The minimum Gasteiger partial charge on any atom is -0.467 e. The molecular weight excluding hydrogens is 170 g/mol. The number of ether oxygens (including phenoxy) is 1. The molecule has 0 amide bonds. The molecule has 1 fully saturated rings. The first-order valence-corrected chi connectivity index (χ1v) is 4.37. The van der Waals surface area contributed by atoms with Gasteiger partial charge in [-0.25, -0.2) is 4.79 Å². The van der Waals surface area contributed by atoms with Crippen LogP contribution in [-0.4, -0.2) is 30.8 Å². The predicted molar refractivity (Wildman–Crippen MR) is 47.9 cm³/mol. The van der Waals surface area contributed by atoms with Gasteiger partial charge in [0.15, 0.2) is 6.10 Å². The lowest BCUT2D eigenvalue weighted by Crippen LogP contribution is -2.40. The van der Waals surface area contributed by atoms with Crippen LogP contribution in [0.1, 0.15) is 20.3 Å². The van der Waals surface area contributed by atoms with E-state index in [0.717, 1.165) is 6.42 Å². The zero-order chi connectivity index (χ0) is 10.3. The predicted octanol–water partition coefficient (Wildman–Crippen LogP) is -0.105. The SMILES string of the molecule is COC(=O)C(O)C1(CN)CC1(C)C. The van der Waals surface area contributed by atoms with Crippen molar-refractivity contribution in [3.05, 3.63) is 0 Å². The molecule has 0 bridgehead atoms. The van der Waals surface area contributed by atoms with Crippen molar-refractivity contribution in [1.82, 2.24) is 0 Å². The third kappa shape index (κ3) is 1.34. The number of aliphatic hydroxyl groups is 1. The van der Waals surface area contributed by atoms with E-state index in [0.29, 0.717) is 6.54 Å². The molecule has 3 N–H and O–H groups in total. The summed E-state index contributed by atoms with van der Waals surface area (Å²) in [5, 5.41) is 9.69. The molecule has 1 aliphatic carbocycles. The molecule has 0 aromatic rings. The Morgan fingerprint density at radius 2 is 2.15 bits per heavy atom. The number of methoxy groups -OCH3 is 1. The molecule has 4 nitrogen and oxygen atoms in total. The van der Waals surface area contributed by atoms with Crippen molar-refractivity contribution in [1.29, 1.82) is 0 Å². The Kier molecular flexibility index (Phi) is 2.38. The topological polar surface area (TPSA) is 72.5 Å². The average molecular weight is 187 g/mol. The summed E-state index contributed by atoms with van der Waals surface area (Å²) in [6.45, 7) is 4.30. The number of esters is 1. The first-order chi connectivity index (χ1) is 5.91. The summed E-state index contributed by atoms with van der Waals surface area (Å²) < 4.78 is 4.49. The van der Waals surface area contributed by atoms with Gasteiger partial charge in [-0.3, -0.25) is 0 Å². The van der Waals surface area contributed by atoms with Crippen molar-refractivity contribution in [3.8, 4) is 0 Å². The molecule has 13 heavy (non-hydrogen) atoms. The van der Waals surface area contributed by atoms with Crippen molar-refractivity contribution in [2.75, 3.05) is 13.7 Å². The van der Waals surface area contributed by atoms with E-state index >= 15 is 0 Å². The van der Waals surface area contributed by atoms with Crippen molar-refractivity contribution >= 4 is 5.97 Å². The van der Waals surface area contributed by atoms with Crippen molar-refractivity contribution < 1.29 is 14.6 Å². The molecule has 2 atom stereocenters. The number of aliphatic hydroxyl groups excluding tert-OH is 1. The Morgan fingerprint density at radius 3 is 2.38 bits per heavy atom. The van der Waals surface area contributed by atoms with Gasteiger partial charge in [-0.05, 0) is 11.8 Å². The van der Waals surface area contributed by atoms with Gasteiger partial charge in [-0.2, -0.15) is 0 Å². The molecule has 0 aliphatic heterocycles. The highest BCUT2D eigenvalue weighted by molar-refractivity contribution is 5.76. The molecule has 0 aromatic carbocycles. The highest BCUT2D eigenvalue weighted by Gasteiger charge is 2.66. The van der Waals surface area contributed by atoms with E-state index in [-0.39, 0.29) is 5.41 Å². The first kappa shape index (κ1) is 10.5. The summed E-state index contributed by atoms with van der Waals surface area (Å²) in [6, 6.07) is 0. The second-order valence-corrected chi connectivity index (χ2v) is 4.35. The number of rotatable bonds is 3. The van der Waals surface area contributed by atoms with Gasteiger partial charge in [-0.15, -0.1) is 0 Å². The Bertz CT molecular complexity index is 227. The average Bonchev–Trinajstić information content (AvgIpc) is 2.67. The summed E-state index contributed by atoms with van der Waals surface area (Å²) in [7, 11) is 1.27. The van der Waals surface area contributed by atoms with Gasteiger partial charge < -0.3 is 15.6 Å². The molecule has 0 saturated heterocycles. The summed E-state index contributed by atoms with van der Waals surface area (Å²) in [6.07, 6.45) is -0.315. The van der Waals surface area contributed by atoms with Gasteiger partial charge in [0.25, 0.3) is 0 Å². The van der Waals surface area contributed by atoms with Crippen LogP contribution in [0.3, 0.4) is 0 Å². The fourth-order valence-corrected chi connectivity index (χ4v) is 2.01. The lowest BCUT2D eigenvalue weighted by atomic mass is 9.90. The van der Waals surface area contributed by atoms with Gasteiger partial charge in [0.2, 0.25) is 0 Å². The number of hydrogen-bond acceptors (Lipinski definition) is 4. The van der Waals surface area contributed by atoms with Crippen molar-refractivity contribution in [2.45, 2.75) is 26.4 Å². The first-order valence-electron chi connectivity index (χ1n) is 4.37. The maximum Gasteiger partial charge on any atom is 0.335 e. The van der Waals surface area contributed by atoms with Crippen LogP contribution in [0.15, 0.2) is 0 Å². The van der Waals surface area contributed by atoms with Crippen molar-refractivity contribution in [3.63, 3.8) is 0 Å². The lowest BCUT2D eigenvalue weighted by Gasteiger charge is -2.22. The molecule has 4 heteroatoms. The Hall–Kier alpha value is -0.610. The molecule has 2 unspecified atom stereocenters. The third-order valence-electron chi connectivity index (χ3n) is 3.29. The van der Waals surface area contributed by atoms with Crippen molar-refractivity contribution in [2.24, 2.45) is 16.6 Å². The fraction of sp³-hybridized carbons (Fsp3) is 0.889. The number of carbonyl (C=O) groups excluding carboxylic acids is 1. The normalized spacial score (nSPS) is 32.4. The Labute approximate surface area is 78.1 Å². The van der Waals surface area contributed by atoms with Crippen LogP contribution in [0.4, 0.5) is 0 Å². The standard InChI is InChI=1S/C9H17NO3/c1-8(2)4-9(8,5-10)6(11)7(12)13-3/h6,11H,4-5,10H2,1-3H3. The van der Waals surface area contributed by atoms with E-state index < -0.39 is 17.5 Å². The molecule has 1 saturated carbocycles. The van der Waals surface area contributed by atoms with Crippen LogP contribution in [0.5, 0.6) is 0 Å². The zero-order valence-corrected chi connectivity index (χ0v) is 8.33. The highest BCUT2D eigenvalue weighted by Crippen LogP contribution is 2.64. The molecule has 1 aliphatic rings. The van der Waals surface area contributed by atoms with Crippen LogP contribution in [0, 0.1) is 10.8 Å². The van der Waals surface area contributed by atoms with E-state index in [1.165, 1.54) is 7.11 Å². The summed E-state index contributed by atoms with van der Waals surface area (Å²) in [5.41, 5.74) is 5.04. The third-order valence-corrected chi connectivity index (χ3v) is 3.29.